The SMILES string of the molecule is CC(C)CCNc1cnnc(Nc2cc(Cl)cc(Cl)c2)n1. The van der Waals surface area contributed by atoms with Gasteiger partial charge in [-0.15, -0.1) is 5.10 Å². The molecule has 0 aliphatic rings. The normalized spacial score (nSPS) is 10.7. The molecule has 5 nitrogen and oxygen atoms in total. The lowest BCUT2D eigenvalue weighted by molar-refractivity contribution is 0.606. The maximum absolute atomic E-state index is 5.95. The van der Waals surface area contributed by atoms with Crippen LogP contribution in [0.4, 0.5) is 17.5 Å². The van der Waals surface area contributed by atoms with Crippen molar-refractivity contribution in [1.29, 1.82) is 0 Å². The molecular formula is C14H17Cl2N5. The zero-order valence-electron chi connectivity index (χ0n) is 11.9. The minimum absolute atomic E-state index is 0.392. The number of anilines is 3. The molecule has 2 rings (SSSR count). The highest BCUT2D eigenvalue weighted by Crippen LogP contribution is 2.24. The number of nitrogens with zero attached hydrogens (tertiary/aromatic N) is 3. The van der Waals surface area contributed by atoms with Gasteiger partial charge in [0.25, 0.3) is 0 Å². The Balaban J connectivity index is 2.03. The number of halogens is 2. The van der Waals surface area contributed by atoms with Crippen LogP contribution in [0.1, 0.15) is 20.3 Å². The van der Waals surface area contributed by atoms with Crippen LogP contribution in [0.3, 0.4) is 0 Å². The van der Waals surface area contributed by atoms with E-state index in [4.69, 9.17) is 23.2 Å². The van der Waals surface area contributed by atoms with Crippen LogP contribution in [0.5, 0.6) is 0 Å². The van der Waals surface area contributed by atoms with Crippen molar-refractivity contribution in [2.75, 3.05) is 17.2 Å². The van der Waals surface area contributed by atoms with E-state index in [0.29, 0.717) is 33.4 Å². The van der Waals surface area contributed by atoms with Crippen molar-refractivity contribution in [3.05, 3.63) is 34.4 Å². The predicted molar refractivity (Wildman–Crippen MR) is 87.5 cm³/mol. The first-order chi connectivity index (χ1) is 10.0. The third kappa shape index (κ3) is 5.36. The Hall–Kier alpha value is -1.59. The number of benzene rings is 1. The van der Waals surface area contributed by atoms with Gasteiger partial charge < -0.3 is 10.6 Å². The number of aromatic nitrogens is 3. The first kappa shape index (κ1) is 15.8. The van der Waals surface area contributed by atoms with Crippen LogP contribution in [0.15, 0.2) is 24.4 Å². The molecule has 7 heteroatoms. The van der Waals surface area contributed by atoms with Gasteiger partial charge in [-0.3, -0.25) is 0 Å². The van der Waals surface area contributed by atoms with Crippen molar-refractivity contribution in [3.63, 3.8) is 0 Å². The van der Waals surface area contributed by atoms with Gasteiger partial charge in [0.1, 0.15) is 0 Å². The summed E-state index contributed by atoms with van der Waals surface area (Å²) in [4.78, 5) is 4.34. The quantitative estimate of drug-likeness (QED) is 0.825. The van der Waals surface area contributed by atoms with Gasteiger partial charge in [0.2, 0.25) is 5.95 Å². The Kier molecular flexibility index (Phi) is 5.59. The van der Waals surface area contributed by atoms with E-state index in [0.717, 1.165) is 13.0 Å². The molecule has 0 saturated carbocycles. The van der Waals surface area contributed by atoms with Gasteiger partial charge in [-0.1, -0.05) is 37.0 Å². The van der Waals surface area contributed by atoms with E-state index in [-0.39, 0.29) is 0 Å². The zero-order valence-corrected chi connectivity index (χ0v) is 13.4. The van der Waals surface area contributed by atoms with Crippen molar-refractivity contribution in [1.82, 2.24) is 15.2 Å². The fourth-order valence-corrected chi connectivity index (χ4v) is 2.21. The topological polar surface area (TPSA) is 62.7 Å². The molecular weight excluding hydrogens is 309 g/mol. The van der Waals surface area contributed by atoms with Gasteiger partial charge in [-0.2, -0.15) is 10.1 Å². The largest absolute Gasteiger partial charge is 0.369 e. The summed E-state index contributed by atoms with van der Waals surface area (Å²) < 4.78 is 0. The van der Waals surface area contributed by atoms with Crippen LogP contribution in [0, 0.1) is 5.92 Å². The molecule has 112 valence electrons. The van der Waals surface area contributed by atoms with Crippen molar-refractivity contribution in [2.24, 2.45) is 5.92 Å². The molecule has 0 saturated heterocycles. The summed E-state index contributed by atoms with van der Waals surface area (Å²) in [5.74, 6) is 1.71. The standard InChI is InChI=1S/C14H17Cl2N5/c1-9(2)3-4-17-13-8-18-21-14(20-13)19-12-6-10(15)5-11(16)7-12/h5-9H,3-4H2,1-2H3,(H2,17,19,20,21). The molecule has 2 N–H and O–H groups in total. The van der Waals surface area contributed by atoms with Crippen LogP contribution in [-0.2, 0) is 0 Å². The molecule has 0 atom stereocenters. The van der Waals surface area contributed by atoms with E-state index in [1.807, 2.05) is 0 Å². The average Bonchev–Trinajstić information content (AvgIpc) is 2.37. The lowest BCUT2D eigenvalue weighted by atomic mass is 10.1. The minimum atomic E-state index is 0.392. The molecule has 0 aliphatic heterocycles. The second-order valence-corrected chi connectivity index (χ2v) is 5.93. The monoisotopic (exact) mass is 325 g/mol. The summed E-state index contributed by atoms with van der Waals surface area (Å²) in [5, 5.41) is 15.2. The lowest BCUT2D eigenvalue weighted by Crippen LogP contribution is -2.08. The average molecular weight is 326 g/mol. The highest BCUT2D eigenvalue weighted by Gasteiger charge is 2.03. The molecule has 0 aliphatic carbocycles. The third-order valence-electron chi connectivity index (χ3n) is 2.71. The molecule has 1 aromatic carbocycles. The summed E-state index contributed by atoms with van der Waals surface area (Å²) in [6.45, 7) is 5.20. The van der Waals surface area contributed by atoms with Crippen LogP contribution >= 0.6 is 23.2 Å². The van der Waals surface area contributed by atoms with E-state index in [2.05, 4.69) is 39.7 Å². The predicted octanol–water partition coefficient (Wildman–Crippen LogP) is 4.38. The maximum atomic E-state index is 5.95. The Morgan fingerprint density at radius 3 is 2.52 bits per heavy atom. The highest BCUT2D eigenvalue weighted by atomic mass is 35.5. The maximum Gasteiger partial charge on any atom is 0.249 e. The molecule has 2 aromatic rings. The fraction of sp³-hybridized carbons (Fsp3) is 0.357. The molecule has 0 amide bonds. The second kappa shape index (κ2) is 7.43. The summed E-state index contributed by atoms with van der Waals surface area (Å²) >= 11 is 11.9. The van der Waals surface area contributed by atoms with E-state index in [9.17, 15) is 0 Å². The van der Waals surface area contributed by atoms with Gasteiger partial charge in [0, 0.05) is 22.3 Å². The molecule has 21 heavy (non-hydrogen) atoms. The smallest absolute Gasteiger partial charge is 0.249 e. The number of rotatable bonds is 6. The fourth-order valence-electron chi connectivity index (χ4n) is 1.69. The molecule has 1 heterocycles. The lowest BCUT2D eigenvalue weighted by Gasteiger charge is -2.09. The summed E-state index contributed by atoms with van der Waals surface area (Å²) in [6.07, 6.45) is 2.66. The van der Waals surface area contributed by atoms with E-state index < -0.39 is 0 Å². The van der Waals surface area contributed by atoms with Crippen LogP contribution in [-0.4, -0.2) is 21.7 Å². The van der Waals surface area contributed by atoms with Crippen LogP contribution in [0.2, 0.25) is 10.0 Å². The Morgan fingerprint density at radius 1 is 1.14 bits per heavy atom. The van der Waals surface area contributed by atoms with Crippen molar-refractivity contribution < 1.29 is 0 Å². The molecule has 0 unspecified atom stereocenters. The number of nitrogens with one attached hydrogen (secondary N) is 2. The van der Waals surface area contributed by atoms with Gasteiger partial charge in [-0.25, -0.2) is 0 Å². The van der Waals surface area contributed by atoms with Gasteiger partial charge in [0.15, 0.2) is 5.82 Å². The Labute approximate surface area is 134 Å². The van der Waals surface area contributed by atoms with E-state index >= 15 is 0 Å². The number of hydrogen-bond acceptors (Lipinski definition) is 5. The summed E-state index contributed by atoms with van der Waals surface area (Å²) in [7, 11) is 0. The summed E-state index contributed by atoms with van der Waals surface area (Å²) in [5.41, 5.74) is 0.716. The van der Waals surface area contributed by atoms with Crippen LogP contribution < -0.4 is 10.6 Å². The number of hydrogen-bond donors (Lipinski definition) is 2. The van der Waals surface area contributed by atoms with Crippen molar-refractivity contribution >= 4 is 40.7 Å². The van der Waals surface area contributed by atoms with Crippen molar-refractivity contribution in [2.45, 2.75) is 20.3 Å². The van der Waals surface area contributed by atoms with Crippen LogP contribution in [0.25, 0.3) is 0 Å². The van der Waals surface area contributed by atoms with Gasteiger partial charge in [0.05, 0.1) is 6.20 Å². The van der Waals surface area contributed by atoms with E-state index in [1.165, 1.54) is 0 Å². The second-order valence-electron chi connectivity index (χ2n) is 5.06. The highest BCUT2D eigenvalue weighted by molar-refractivity contribution is 6.35. The van der Waals surface area contributed by atoms with Gasteiger partial charge >= 0.3 is 0 Å². The molecule has 0 fully saturated rings. The Morgan fingerprint density at radius 2 is 1.86 bits per heavy atom. The first-order valence-corrected chi connectivity index (χ1v) is 7.45. The molecule has 0 bridgehead atoms. The minimum Gasteiger partial charge on any atom is -0.369 e. The van der Waals surface area contributed by atoms with E-state index in [1.54, 1.807) is 24.4 Å². The Bertz CT molecular complexity index is 583. The van der Waals surface area contributed by atoms with Crippen molar-refractivity contribution in [3.8, 4) is 0 Å². The third-order valence-corrected chi connectivity index (χ3v) is 3.14. The molecule has 0 spiro atoms. The molecule has 0 radical (unpaired) electrons. The zero-order chi connectivity index (χ0) is 15.2. The first-order valence-electron chi connectivity index (χ1n) is 6.69. The van der Waals surface area contributed by atoms with Gasteiger partial charge in [-0.05, 0) is 30.5 Å². The molecule has 1 aromatic heterocycles. The summed E-state index contributed by atoms with van der Waals surface area (Å²) in [6, 6.07) is 5.16.